The maximum atomic E-state index is 12.9. The molecule has 0 spiro atoms. The number of nitrogens with two attached hydrogens (primary N) is 1. The van der Waals surface area contributed by atoms with E-state index in [1.165, 1.54) is 4.68 Å². The first-order valence-electron chi connectivity index (χ1n) is 8.00. The Bertz CT molecular complexity index is 1040. The molecule has 0 bridgehead atoms. The van der Waals surface area contributed by atoms with Crippen LogP contribution in [0, 0.1) is 32.1 Å². The molecule has 1 heterocycles. The van der Waals surface area contributed by atoms with Crippen LogP contribution in [-0.4, -0.2) is 15.6 Å². The lowest BCUT2D eigenvalue weighted by molar-refractivity contribution is 0.103. The molecule has 2 N–H and O–H groups in total. The molecular weight excluding hydrogens is 348 g/mol. The molecular formula is C20H17ClN4O. The van der Waals surface area contributed by atoms with Gasteiger partial charge in [0.25, 0.3) is 0 Å². The number of hydrogen-bond donors (Lipinski definition) is 1. The summed E-state index contributed by atoms with van der Waals surface area (Å²) in [5.74, 6) is -0.201. The average molecular weight is 365 g/mol. The molecule has 2 aromatic carbocycles. The fraction of sp³-hybridized carbons (Fsp3) is 0.150. The molecule has 0 saturated carbocycles. The molecule has 5 nitrogen and oxygen atoms in total. The Labute approximate surface area is 156 Å². The van der Waals surface area contributed by atoms with Gasteiger partial charge in [0.05, 0.1) is 5.69 Å². The molecule has 0 saturated heterocycles. The van der Waals surface area contributed by atoms with Crippen LogP contribution in [0.1, 0.15) is 38.3 Å². The second-order valence-electron chi connectivity index (χ2n) is 6.22. The zero-order chi connectivity index (χ0) is 19.0. The lowest BCUT2D eigenvalue weighted by Crippen LogP contribution is -2.08. The monoisotopic (exact) mass is 364 g/mol. The van der Waals surface area contributed by atoms with Gasteiger partial charge in [-0.25, -0.2) is 4.68 Å². The normalized spacial score (nSPS) is 10.6. The van der Waals surface area contributed by atoms with E-state index in [0.29, 0.717) is 16.3 Å². The van der Waals surface area contributed by atoms with E-state index in [9.17, 15) is 10.1 Å². The highest BCUT2D eigenvalue weighted by atomic mass is 35.5. The van der Waals surface area contributed by atoms with E-state index in [0.717, 1.165) is 16.7 Å². The van der Waals surface area contributed by atoms with Crippen molar-refractivity contribution in [2.45, 2.75) is 20.8 Å². The number of ketones is 1. The van der Waals surface area contributed by atoms with E-state index in [4.69, 9.17) is 17.3 Å². The summed E-state index contributed by atoms with van der Waals surface area (Å²) in [4.78, 5) is 12.9. The summed E-state index contributed by atoms with van der Waals surface area (Å²) in [6.07, 6.45) is 0. The number of nitrogens with zero attached hydrogens (tertiary/aromatic N) is 3. The first-order chi connectivity index (χ1) is 12.3. The van der Waals surface area contributed by atoms with Crippen LogP contribution >= 0.6 is 11.6 Å². The smallest absolute Gasteiger partial charge is 0.214 e. The Hall–Kier alpha value is -3.10. The summed E-state index contributed by atoms with van der Waals surface area (Å²) in [6.45, 7) is 5.69. The van der Waals surface area contributed by atoms with E-state index < -0.39 is 0 Å². The van der Waals surface area contributed by atoms with Crippen LogP contribution in [0.5, 0.6) is 0 Å². The molecule has 0 radical (unpaired) electrons. The Balaban J connectivity index is 2.19. The summed E-state index contributed by atoms with van der Waals surface area (Å²) in [6, 6.07) is 12.7. The molecule has 3 rings (SSSR count). The molecule has 0 amide bonds. The predicted octanol–water partition coefficient (Wildman–Crippen LogP) is 4.14. The predicted molar refractivity (Wildman–Crippen MR) is 102 cm³/mol. The number of nitriles is 1. The number of anilines is 1. The lowest BCUT2D eigenvalue weighted by atomic mass is 10.0. The summed E-state index contributed by atoms with van der Waals surface area (Å²) >= 11 is 6.09. The molecule has 0 aliphatic carbocycles. The topological polar surface area (TPSA) is 84.7 Å². The number of aryl methyl sites for hydroxylation is 3. The van der Waals surface area contributed by atoms with Crippen LogP contribution in [0.2, 0.25) is 5.02 Å². The lowest BCUT2D eigenvalue weighted by Gasteiger charge is -2.12. The highest BCUT2D eigenvalue weighted by Gasteiger charge is 2.24. The van der Waals surface area contributed by atoms with Crippen molar-refractivity contribution in [3.63, 3.8) is 0 Å². The van der Waals surface area contributed by atoms with E-state index >= 15 is 0 Å². The first-order valence-corrected chi connectivity index (χ1v) is 8.38. The molecule has 0 aliphatic rings. The number of carbonyl (C=O) groups is 1. The van der Waals surface area contributed by atoms with Gasteiger partial charge in [-0.3, -0.25) is 4.79 Å². The van der Waals surface area contributed by atoms with Gasteiger partial charge in [0.15, 0.2) is 5.69 Å². The van der Waals surface area contributed by atoms with Crippen molar-refractivity contribution >= 4 is 23.2 Å². The van der Waals surface area contributed by atoms with Crippen molar-refractivity contribution < 1.29 is 4.79 Å². The van der Waals surface area contributed by atoms with Crippen molar-refractivity contribution in [1.82, 2.24) is 9.78 Å². The van der Waals surface area contributed by atoms with Gasteiger partial charge in [-0.1, -0.05) is 41.4 Å². The number of carbonyl (C=O) groups excluding carboxylic acids is 1. The molecule has 0 atom stereocenters. The highest BCUT2D eigenvalue weighted by Crippen LogP contribution is 2.28. The van der Waals surface area contributed by atoms with Crippen molar-refractivity contribution in [1.29, 1.82) is 5.26 Å². The van der Waals surface area contributed by atoms with Crippen LogP contribution in [0.25, 0.3) is 5.69 Å². The fourth-order valence-corrected chi connectivity index (χ4v) is 3.28. The molecule has 0 fully saturated rings. The second kappa shape index (κ2) is 6.66. The molecule has 26 heavy (non-hydrogen) atoms. The zero-order valence-corrected chi connectivity index (χ0v) is 15.4. The molecule has 3 aromatic rings. The van der Waals surface area contributed by atoms with E-state index in [2.05, 4.69) is 5.10 Å². The van der Waals surface area contributed by atoms with E-state index in [1.807, 2.05) is 39.0 Å². The highest BCUT2D eigenvalue weighted by molar-refractivity contribution is 6.30. The van der Waals surface area contributed by atoms with Gasteiger partial charge in [0.1, 0.15) is 17.5 Å². The summed E-state index contributed by atoms with van der Waals surface area (Å²) in [7, 11) is 0. The molecule has 130 valence electrons. The number of hydrogen-bond acceptors (Lipinski definition) is 4. The van der Waals surface area contributed by atoms with Gasteiger partial charge in [0, 0.05) is 10.6 Å². The van der Waals surface area contributed by atoms with Crippen LogP contribution in [0.3, 0.4) is 0 Å². The standard InChI is InChI=1S/C20H17ClN4O/c1-11-4-6-14(7-5-11)19(26)17-16(10-22)20(23)25(24-17)18-12(2)8-15(21)9-13(18)3/h4-9H,23H2,1-3H3. The number of nitrogen functional groups attached to an aromatic ring is 1. The van der Waals surface area contributed by atoms with Crippen LogP contribution in [0.4, 0.5) is 5.82 Å². The third-order valence-corrected chi connectivity index (χ3v) is 4.45. The van der Waals surface area contributed by atoms with Gasteiger partial charge >= 0.3 is 0 Å². The Kier molecular flexibility index (Phi) is 4.54. The van der Waals surface area contributed by atoms with Crippen LogP contribution in [-0.2, 0) is 0 Å². The van der Waals surface area contributed by atoms with E-state index in [1.54, 1.807) is 24.3 Å². The van der Waals surface area contributed by atoms with Crippen LogP contribution < -0.4 is 5.73 Å². The SMILES string of the molecule is Cc1ccc(C(=O)c2nn(-c3c(C)cc(Cl)cc3C)c(N)c2C#N)cc1. The summed E-state index contributed by atoms with van der Waals surface area (Å²) in [5.41, 5.74) is 10.2. The zero-order valence-electron chi connectivity index (χ0n) is 14.7. The van der Waals surface area contributed by atoms with Gasteiger partial charge in [-0.15, -0.1) is 0 Å². The molecule has 1 aromatic heterocycles. The minimum atomic E-state index is -0.337. The van der Waals surface area contributed by atoms with Crippen LogP contribution in [0.15, 0.2) is 36.4 Å². The maximum absolute atomic E-state index is 12.9. The molecule has 6 heteroatoms. The first kappa shape index (κ1) is 17.7. The van der Waals surface area contributed by atoms with E-state index in [-0.39, 0.29) is 22.9 Å². The van der Waals surface area contributed by atoms with Gasteiger partial charge in [-0.05, 0) is 44.0 Å². The van der Waals surface area contributed by atoms with Crippen molar-refractivity contribution in [3.8, 4) is 11.8 Å². The Morgan fingerprint density at radius 2 is 1.73 bits per heavy atom. The van der Waals surface area contributed by atoms with Crippen molar-refractivity contribution in [2.24, 2.45) is 0 Å². The molecule has 0 aliphatic heterocycles. The largest absolute Gasteiger partial charge is 0.382 e. The summed E-state index contributed by atoms with van der Waals surface area (Å²) < 4.78 is 1.45. The van der Waals surface area contributed by atoms with Gasteiger partial charge in [-0.2, -0.15) is 10.4 Å². The maximum Gasteiger partial charge on any atom is 0.214 e. The number of halogens is 1. The Morgan fingerprint density at radius 1 is 1.15 bits per heavy atom. The number of rotatable bonds is 3. The number of benzene rings is 2. The fourth-order valence-electron chi connectivity index (χ4n) is 2.95. The average Bonchev–Trinajstić information content (AvgIpc) is 2.90. The summed E-state index contributed by atoms with van der Waals surface area (Å²) in [5, 5.41) is 14.5. The quantitative estimate of drug-likeness (QED) is 0.708. The molecule has 0 unspecified atom stereocenters. The minimum absolute atomic E-state index is 0.0441. The van der Waals surface area contributed by atoms with Crippen molar-refractivity contribution in [3.05, 3.63) is 74.9 Å². The Morgan fingerprint density at radius 3 is 2.27 bits per heavy atom. The third-order valence-electron chi connectivity index (χ3n) is 4.23. The van der Waals surface area contributed by atoms with Gasteiger partial charge < -0.3 is 5.73 Å². The number of aromatic nitrogens is 2. The second-order valence-corrected chi connectivity index (χ2v) is 6.65. The van der Waals surface area contributed by atoms with Gasteiger partial charge in [0.2, 0.25) is 5.78 Å². The van der Waals surface area contributed by atoms with Crippen molar-refractivity contribution in [2.75, 3.05) is 5.73 Å². The minimum Gasteiger partial charge on any atom is -0.382 e. The third kappa shape index (κ3) is 2.96.